The quantitative estimate of drug-likeness (QED) is 0.717. The molecule has 0 saturated heterocycles. The third kappa shape index (κ3) is 3.69. The zero-order chi connectivity index (χ0) is 14.5. The van der Waals surface area contributed by atoms with Crippen molar-refractivity contribution >= 4 is 0 Å². The van der Waals surface area contributed by atoms with Crippen LogP contribution >= 0.6 is 0 Å². The zero-order valence-corrected chi connectivity index (χ0v) is 13.6. The number of nitrogens with one attached hydrogen (secondary N) is 1. The van der Waals surface area contributed by atoms with Crippen LogP contribution in [-0.4, -0.2) is 12.6 Å². The highest BCUT2D eigenvalue weighted by Crippen LogP contribution is 2.42. The average molecular weight is 285 g/mol. The summed E-state index contributed by atoms with van der Waals surface area (Å²) in [5, 5.41) is 3.79. The molecule has 1 aromatic rings. The Labute approximate surface area is 130 Å². The fraction of sp³-hybridized carbons (Fsp3) is 0.700. The van der Waals surface area contributed by atoms with Gasteiger partial charge in [0.25, 0.3) is 0 Å². The summed E-state index contributed by atoms with van der Waals surface area (Å²) in [5.41, 5.74) is 3.37. The standard InChI is InChI=1S/C20H31N/c1-2-14-21-18-11-4-3-8-17(15-18)20-13-6-5-12-19(20)16-9-7-10-16/h5-6,12-13,16-18,21H,2-4,7-11,14-15H2,1H3. The Balaban J connectivity index is 1.74. The van der Waals surface area contributed by atoms with Crippen molar-refractivity contribution in [3.05, 3.63) is 35.4 Å². The largest absolute Gasteiger partial charge is 0.314 e. The van der Waals surface area contributed by atoms with E-state index < -0.39 is 0 Å². The zero-order valence-electron chi connectivity index (χ0n) is 13.6. The van der Waals surface area contributed by atoms with Gasteiger partial charge in [-0.15, -0.1) is 0 Å². The minimum absolute atomic E-state index is 0.742. The topological polar surface area (TPSA) is 12.0 Å². The van der Waals surface area contributed by atoms with E-state index in [0.29, 0.717) is 0 Å². The summed E-state index contributed by atoms with van der Waals surface area (Å²) in [6.45, 7) is 3.45. The van der Waals surface area contributed by atoms with Gasteiger partial charge in [-0.05, 0) is 68.0 Å². The molecular formula is C20H31N. The smallest absolute Gasteiger partial charge is 0.00728 e. The highest BCUT2D eigenvalue weighted by molar-refractivity contribution is 5.34. The summed E-state index contributed by atoms with van der Waals surface area (Å²) in [7, 11) is 0. The van der Waals surface area contributed by atoms with Gasteiger partial charge in [0.1, 0.15) is 0 Å². The van der Waals surface area contributed by atoms with Crippen LogP contribution in [0.25, 0.3) is 0 Å². The molecule has 2 atom stereocenters. The molecule has 2 unspecified atom stereocenters. The molecule has 1 N–H and O–H groups in total. The summed E-state index contributed by atoms with van der Waals surface area (Å²) in [4.78, 5) is 0. The SMILES string of the molecule is CCCNC1CCCCC(c2ccccc2C2CCC2)C1. The molecule has 116 valence electrons. The summed E-state index contributed by atoms with van der Waals surface area (Å²) in [6.07, 6.45) is 12.5. The maximum Gasteiger partial charge on any atom is 0.00728 e. The highest BCUT2D eigenvalue weighted by atomic mass is 14.9. The van der Waals surface area contributed by atoms with E-state index in [-0.39, 0.29) is 0 Å². The Kier molecular flexibility index (Phi) is 5.35. The molecule has 1 heteroatoms. The highest BCUT2D eigenvalue weighted by Gasteiger charge is 2.27. The maximum atomic E-state index is 3.79. The van der Waals surface area contributed by atoms with Crippen molar-refractivity contribution in [1.29, 1.82) is 0 Å². The summed E-state index contributed by atoms with van der Waals surface area (Å²) < 4.78 is 0. The molecule has 0 bridgehead atoms. The van der Waals surface area contributed by atoms with Crippen LogP contribution in [0.2, 0.25) is 0 Å². The van der Waals surface area contributed by atoms with Crippen molar-refractivity contribution < 1.29 is 0 Å². The van der Waals surface area contributed by atoms with Crippen LogP contribution in [0.4, 0.5) is 0 Å². The summed E-state index contributed by atoms with van der Waals surface area (Å²) in [6, 6.07) is 10.1. The summed E-state index contributed by atoms with van der Waals surface area (Å²) in [5.74, 6) is 1.66. The lowest BCUT2D eigenvalue weighted by atomic mass is 9.75. The predicted molar refractivity (Wildman–Crippen MR) is 90.9 cm³/mol. The van der Waals surface area contributed by atoms with E-state index in [1.54, 1.807) is 11.1 Å². The fourth-order valence-corrected chi connectivity index (χ4v) is 4.15. The van der Waals surface area contributed by atoms with Crippen LogP contribution in [0.5, 0.6) is 0 Å². The monoisotopic (exact) mass is 285 g/mol. The molecule has 1 nitrogen and oxygen atoms in total. The molecular weight excluding hydrogens is 254 g/mol. The molecule has 2 fully saturated rings. The second-order valence-corrected chi connectivity index (χ2v) is 7.12. The molecule has 1 aromatic carbocycles. The number of hydrogen-bond donors (Lipinski definition) is 1. The molecule has 2 saturated carbocycles. The van der Waals surface area contributed by atoms with E-state index in [9.17, 15) is 0 Å². The van der Waals surface area contributed by atoms with Crippen LogP contribution in [0.3, 0.4) is 0 Å². The first-order valence-corrected chi connectivity index (χ1v) is 9.20. The summed E-state index contributed by atoms with van der Waals surface area (Å²) >= 11 is 0. The molecule has 2 aliphatic carbocycles. The minimum Gasteiger partial charge on any atom is -0.314 e. The first kappa shape index (κ1) is 15.1. The number of hydrogen-bond acceptors (Lipinski definition) is 1. The van der Waals surface area contributed by atoms with Crippen molar-refractivity contribution in [3.63, 3.8) is 0 Å². The van der Waals surface area contributed by atoms with E-state index in [1.807, 2.05) is 0 Å². The van der Waals surface area contributed by atoms with E-state index in [2.05, 4.69) is 36.5 Å². The van der Waals surface area contributed by atoms with Crippen molar-refractivity contribution in [2.45, 2.75) is 82.6 Å². The third-order valence-electron chi connectivity index (χ3n) is 5.59. The molecule has 0 aromatic heterocycles. The first-order valence-electron chi connectivity index (χ1n) is 9.20. The third-order valence-corrected chi connectivity index (χ3v) is 5.59. The van der Waals surface area contributed by atoms with Crippen molar-refractivity contribution in [1.82, 2.24) is 5.32 Å². The fourth-order valence-electron chi connectivity index (χ4n) is 4.15. The molecule has 0 heterocycles. The van der Waals surface area contributed by atoms with Crippen molar-refractivity contribution in [2.24, 2.45) is 0 Å². The van der Waals surface area contributed by atoms with E-state index in [1.165, 1.54) is 64.3 Å². The van der Waals surface area contributed by atoms with Gasteiger partial charge in [0.15, 0.2) is 0 Å². The lowest BCUT2D eigenvalue weighted by Crippen LogP contribution is -2.30. The van der Waals surface area contributed by atoms with Crippen LogP contribution < -0.4 is 5.32 Å². The second kappa shape index (κ2) is 7.45. The average Bonchev–Trinajstić information content (AvgIpc) is 2.69. The van der Waals surface area contributed by atoms with Crippen molar-refractivity contribution in [3.8, 4) is 0 Å². The predicted octanol–water partition coefficient (Wildman–Crippen LogP) is 5.37. The van der Waals surface area contributed by atoms with E-state index in [0.717, 1.165) is 17.9 Å². The minimum atomic E-state index is 0.742. The Morgan fingerprint density at radius 1 is 0.905 bits per heavy atom. The molecule has 3 rings (SSSR count). The van der Waals surface area contributed by atoms with Gasteiger partial charge in [0.2, 0.25) is 0 Å². The van der Waals surface area contributed by atoms with Gasteiger partial charge < -0.3 is 5.32 Å². The van der Waals surface area contributed by atoms with Gasteiger partial charge in [-0.1, -0.05) is 50.5 Å². The Hall–Kier alpha value is -0.820. The second-order valence-electron chi connectivity index (χ2n) is 7.12. The van der Waals surface area contributed by atoms with Gasteiger partial charge in [-0.25, -0.2) is 0 Å². The molecule has 21 heavy (non-hydrogen) atoms. The van der Waals surface area contributed by atoms with Crippen LogP contribution in [0.1, 0.15) is 87.7 Å². The van der Waals surface area contributed by atoms with E-state index in [4.69, 9.17) is 0 Å². The number of rotatable bonds is 5. The molecule has 0 radical (unpaired) electrons. The van der Waals surface area contributed by atoms with Crippen LogP contribution in [0.15, 0.2) is 24.3 Å². The molecule has 2 aliphatic rings. The van der Waals surface area contributed by atoms with E-state index >= 15 is 0 Å². The van der Waals surface area contributed by atoms with Gasteiger partial charge >= 0.3 is 0 Å². The van der Waals surface area contributed by atoms with Gasteiger partial charge in [0.05, 0.1) is 0 Å². The molecule has 0 spiro atoms. The van der Waals surface area contributed by atoms with Gasteiger partial charge in [-0.3, -0.25) is 0 Å². The first-order chi connectivity index (χ1) is 10.4. The van der Waals surface area contributed by atoms with Crippen LogP contribution in [-0.2, 0) is 0 Å². The van der Waals surface area contributed by atoms with Crippen LogP contribution in [0, 0.1) is 0 Å². The van der Waals surface area contributed by atoms with Crippen molar-refractivity contribution in [2.75, 3.05) is 6.54 Å². The Bertz CT molecular complexity index is 435. The lowest BCUT2D eigenvalue weighted by molar-refractivity contribution is 0.406. The van der Waals surface area contributed by atoms with Gasteiger partial charge in [0, 0.05) is 6.04 Å². The maximum absolute atomic E-state index is 3.79. The van der Waals surface area contributed by atoms with Gasteiger partial charge in [-0.2, -0.15) is 0 Å². The normalized spacial score (nSPS) is 27.1. The Morgan fingerprint density at radius 2 is 1.57 bits per heavy atom. The Morgan fingerprint density at radius 3 is 2.24 bits per heavy atom. The number of benzene rings is 1. The molecule has 0 aliphatic heterocycles. The lowest BCUT2D eigenvalue weighted by Gasteiger charge is -2.31. The molecule has 0 amide bonds.